The van der Waals surface area contributed by atoms with E-state index in [1.165, 1.54) is 12.8 Å². The number of rotatable bonds is 2. The highest BCUT2D eigenvalue weighted by Gasteiger charge is 2.21. The molecule has 6 heteroatoms. The molecule has 1 aliphatic rings. The Labute approximate surface area is 126 Å². The zero-order chi connectivity index (χ0) is 14.4. The van der Waals surface area contributed by atoms with Gasteiger partial charge < -0.3 is 16.8 Å². The summed E-state index contributed by atoms with van der Waals surface area (Å²) in [7, 11) is 0. The lowest BCUT2D eigenvalue weighted by Gasteiger charge is -2.03. The number of fused-ring (bicyclic) bond motifs is 1. The van der Waals surface area contributed by atoms with Crippen molar-refractivity contribution in [2.45, 2.75) is 32.7 Å². The Bertz CT molecular complexity index is 805. The second-order valence-electron chi connectivity index (χ2n) is 5.16. The zero-order valence-electron chi connectivity index (χ0n) is 11.5. The van der Waals surface area contributed by atoms with Crippen LogP contribution in [0.25, 0.3) is 22.2 Å². The van der Waals surface area contributed by atoms with Gasteiger partial charge in [0.05, 0.1) is 15.2 Å². The fourth-order valence-corrected chi connectivity index (χ4v) is 3.65. The van der Waals surface area contributed by atoms with Gasteiger partial charge in [0.2, 0.25) is 0 Å². The molecule has 2 aromatic heterocycles. The van der Waals surface area contributed by atoms with Crippen molar-refractivity contribution in [2.24, 2.45) is 11.5 Å². The van der Waals surface area contributed by atoms with E-state index in [2.05, 4.69) is 10.3 Å². The van der Waals surface area contributed by atoms with Crippen molar-refractivity contribution in [1.82, 2.24) is 10.3 Å². The Morgan fingerprint density at radius 1 is 1.45 bits per heavy atom. The molecule has 20 heavy (non-hydrogen) atoms. The van der Waals surface area contributed by atoms with Gasteiger partial charge in [-0.15, -0.1) is 11.3 Å². The Morgan fingerprint density at radius 2 is 2.15 bits per heavy atom. The number of nitrogens with zero attached hydrogens (tertiary/aromatic N) is 1. The molecule has 0 spiro atoms. The molecule has 0 atom stereocenters. The van der Waals surface area contributed by atoms with Crippen molar-refractivity contribution in [3.8, 4) is 0 Å². The van der Waals surface area contributed by atoms with Gasteiger partial charge in [-0.1, -0.05) is 11.6 Å². The summed E-state index contributed by atoms with van der Waals surface area (Å²) in [6.45, 7) is 3.91. The third kappa shape index (κ3) is 2.11. The highest BCUT2D eigenvalue weighted by molar-refractivity contribution is 7.16. The van der Waals surface area contributed by atoms with Crippen LogP contribution in [0.15, 0.2) is 0 Å². The average Bonchev–Trinajstić information content (AvgIpc) is 3.14. The number of hydrogen-bond acceptors (Lipinski definition) is 5. The number of nitrogens with one attached hydrogen (secondary N) is 1. The van der Waals surface area contributed by atoms with Crippen LogP contribution < -0.4 is 26.5 Å². The maximum absolute atomic E-state index is 6.30. The molecule has 0 unspecified atom stereocenters. The molecule has 0 amide bonds. The van der Waals surface area contributed by atoms with Crippen molar-refractivity contribution in [1.29, 1.82) is 0 Å². The third-order valence-corrected chi connectivity index (χ3v) is 5.26. The first-order chi connectivity index (χ1) is 9.52. The summed E-state index contributed by atoms with van der Waals surface area (Å²) >= 11 is 7.86. The Balaban J connectivity index is 2.37. The lowest BCUT2D eigenvalue weighted by Crippen LogP contribution is -2.34. The first-order valence-electron chi connectivity index (χ1n) is 6.56. The topological polar surface area (TPSA) is 77.0 Å². The lowest BCUT2D eigenvalue weighted by atomic mass is 10.1. The van der Waals surface area contributed by atoms with Crippen LogP contribution in [0.4, 0.5) is 0 Å². The minimum atomic E-state index is 0.505. The van der Waals surface area contributed by atoms with Gasteiger partial charge in [0, 0.05) is 22.8 Å². The van der Waals surface area contributed by atoms with E-state index in [-0.39, 0.29) is 0 Å². The van der Waals surface area contributed by atoms with E-state index in [0.717, 1.165) is 31.2 Å². The molecule has 0 radical (unpaired) electrons. The first kappa shape index (κ1) is 13.5. The summed E-state index contributed by atoms with van der Waals surface area (Å²) in [6.07, 6.45) is 3.95. The van der Waals surface area contributed by atoms with Crippen molar-refractivity contribution in [3.05, 3.63) is 26.0 Å². The maximum Gasteiger partial charge on any atom is 0.125 e. The van der Waals surface area contributed by atoms with Crippen LogP contribution in [-0.2, 0) is 0 Å². The van der Waals surface area contributed by atoms with E-state index in [1.54, 1.807) is 17.5 Å². The van der Waals surface area contributed by atoms with Gasteiger partial charge in [0.15, 0.2) is 0 Å². The van der Waals surface area contributed by atoms with Gasteiger partial charge in [0.25, 0.3) is 0 Å². The summed E-state index contributed by atoms with van der Waals surface area (Å²) in [5.74, 6) is 0.681. The highest BCUT2D eigenvalue weighted by atomic mass is 35.5. The average molecular weight is 309 g/mol. The molecule has 3 rings (SSSR count). The zero-order valence-corrected chi connectivity index (χ0v) is 13.0. The smallest absolute Gasteiger partial charge is 0.125 e. The van der Waals surface area contributed by atoms with Crippen LogP contribution in [-0.4, -0.2) is 11.0 Å². The molecule has 0 aromatic carbocycles. The predicted molar refractivity (Wildman–Crippen MR) is 85.8 cm³/mol. The standard InChI is InChI=1S/C14H17ClN4S/c1-6-10-9(5-16)12(13(17)19-8-3-4-8)20-14(10)18-7(2)11(6)15/h5,8,19H,3-4,16-17H2,1-2H3/b9-5-,13-12-. The number of nitrogens with two attached hydrogens (primary N) is 2. The largest absolute Gasteiger partial charge is 0.404 e. The van der Waals surface area contributed by atoms with Crippen molar-refractivity contribution < 1.29 is 0 Å². The quantitative estimate of drug-likeness (QED) is 0.775. The van der Waals surface area contributed by atoms with Crippen LogP contribution in [0.5, 0.6) is 0 Å². The summed E-state index contributed by atoms with van der Waals surface area (Å²) in [4.78, 5) is 5.48. The normalized spacial score (nSPS) is 17.6. The van der Waals surface area contributed by atoms with Gasteiger partial charge >= 0.3 is 0 Å². The van der Waals surface area contributed by atoms with E-state index in [4.69, 9.17) is 23.1 Å². The van der Waals surface area contributed by atoms with Crippen molar-refractivity contribution >= 4 is 45.2 Å². The molecule has 2 heterocycles. The number of aryl methyl sites for hydroxylation is 2. The summed E-state index contributed by atoms with van der Waals surface area (Å²) in [5.41, 5.74) is 13.8. The molecule has 1 saturated carbocycles. The van der Waals surface area contributed by atoms with Gasteiger partial charge in [0.1, 0.15) is 10.7 Å². The van der Waals surface area contributed by atoms with Gasteiger partial charge in [-0.2, -0.15) is 0 Å². The molecule has 1 fully saturated rings. The lowest BCUT2D eigenvalue weighted by molar-refractivity contribution is 0.864. The van der Waals surface area contributed by atoms with Crippen molar-refractivity contribution in [2.75, 3.05) is 0 Å². The first-order valence-corrected chi connectivity index (χ1v) is 7.75. The number of hydrogen-bond donors (Lipinski definition) is 3. The molecule has 106 valence electrons. The number of aromatic nitrogens is 1. The Morgan fingerprint density at radius 3 is 2.75 bits per heavy atom. The molecule has 0 aliphatic heterocycles. The molecular weight excluding hydrogens is 292 g/mol. The predicted octanol–water partition coefficient (Wildman–Crippen LogP) is 1.04. The molecule has 0 bridgehead atoms. The Hall–Kier alpha value is -1.46. The SMILES string of the molecule is Cc1nc2sc(=C(/N)NC3CC3)/c(=C\N)c2c(C)c1Cl. The summed E-state index contributed by atoms with van der Waals surface area (Å²) < 4.78 is 0.951. The van der Waals surface area contributed by atoms with Crippen molar-refractivity contribution in [3.63, 3.8) is 0 Å². The molecule has 0 saturated heterocycles. The fraction of sp³-hybridized carbons (Fsp3) is 0.357. The van der Waals surface area contributed by atoms with Crippen LogP contribution in [0, 0.1) is 13.8 Å². The molecule has 5 N–H and O–H groups in total. The monoisotopic (exact) mass is 308 g/mol. The number of thiophene rings is 1. The molecule has 1 aliphatic carbocycles. The van der Waals surface area contributed by atoms with Gasteiger partial charge in [-0.3, -0.25) is 0 Å². The summed E-state index contributed by atoms with van der Waals surface area (Å²) in [6, 6.07) is 0.505. The van der Waals surface area contributed by atoms with Crippen LogP contribution in [0.2, 0.25) is 5.02 Å². The van der Waals surface area contributed by atoms with Crippen LogP contribution >= 0.6 is 22.9 Å². The molecule has 2 aromatic rings. The van der Waals surface area contributed by atoms with Crippen LogP contribution in [0.1, 0.15) is 24.1 Å². The molecular formula is C14H17ClN4S. The highest BCUT2D eigenvalue weighted by Crippen LogP contribution is 2.25. The van der Waals surface area contributed by atoms with E-state index >= 15 is 0 Å². The van der Waals surface area contributed by atoms with E-state index in [1.807, 2.05) is 13.8 Å². The van der Waals surface area contributed by atoms with E-state index < -0.39 is 0 Å². The van der Waals surface area contributed by atoms with E-state index in [0.29, 0.717) is 16.9 Å². The van der Waals surface area contributed by atoms with E-state index in [9.17, 15) is 0 Å². The minimum Gasteiger partial charge on any atom is -0.404 e. The van der Waals surface area contributed by atoms with Gasteiger partial charge in [-0.25, -0.2) is 4.98 Å². The maximum atomic E-state index is 6.30. The third-order valence-electron chi connectivity index (χ3n) is 3.57. The van der Waals surface area contributed by atoms with Gasteiger partial charge in [-0.05, 0) is 32.3 Å². The van der Waals surface area contributed by atoms with Crippen LogP contribution in [0.3, 0.4) is 0 Å². The molecule has 4 nitrogen and oxygen atoms in total. The summed E-state index contributed by atoms with van der Waals surface area (Å²) in [5, 5.41) is 5.94. The minimum absolute atomic E-state index is 0.505. The second kappa shape index (κ2) is 4.82. The number of pyridine rings is 1. The Kier molecular flexibility index (Phi) is 3.26. The fourth-order valence-electron chi connectivity index (χ4n) is 2.33. The number of halogens is 1. The second-order valence-corrected chi connectivity index (χ2v) is 6.54.